The Kier molecular flexibility index (Phi) is 5.74. The lowest BCUT2D eigenvalue weighted by molar-refractivity contribution is -0.134. The summed E-state index contributed by atoms with van der Waals surface area (Å²) >= 11 is 1.66. The van der Waals surface area contributed by atoms with E-state index in [1.807, 2.05) is 23.6 Å². The average Bonchev–Trinajstić information content (AvgIpc) is 3.39. The lowest BCUT2D eigenvalue weighted by atomic mass is 10.1. The summed E-state index contributed by atoms with van der Waals surface area (Å²) in [4.78, 5) is 16.5. The SMILES string of the molecule is CN(CC(=O)N1N=C(c2cccs2)CC1c1ccco1)C1CCCCCC1. The van der Waals surface area contributed by atoms with Gasteiger partial charge in [-0.25, -0.2) is 5.01 Å². The van der Waals surface area contributed by atoms with Gasteiger partial charge in [0, 0.05) is 12.5 Å². The molecule has 0 aromatic carbocycles. The molecule has 1 amide bonds. The van der Waals surface area contributed by atoms with Gasteiger partial charge in [0.25, 0.3) is 5.91 Å². The van der Waals surface area contributed by atoms with Crippen LogP contribution < -0.4 is 0 Å². The van der Waals surface area contributed by atoms with Crippen LogP contribution in [0.25, 0.3) is 0 Å². The van der Waals surface area contributed by atoms with E-state index in [4.69, 9.17) is 9.52 Å². The highest BCUT2D eigenvalue weighted by Gasteiger charge is 2.35. The summed E-state index contributed by atoms with van der Waals surface area (Å²) in [6, 6.07) is 8.25. The van der Waals surface area contributed by atoms with E-state index in [2.05, 4.69) is 18.0 Å². The van der Waals surface area contributed by atoms with Crippen molar-refractivity contribution >= 4 is 23.0 Å². The van der Waals surface area contributed by atoms with Crippen molar-refractivity contribution in [2.75, 3.05) is 13.6 Å². The van der Waals surface area contributed by atoms with Crippen LogP contribution in [0, 0.1) is 0 Å². The lowest BCUT2D eigenvalue weighted by Gasteiger charge is -2.28. The maximum absolute atomic E-state index is 13.1. The van der Waals surface area contributed by atoms with Crippen molar-refractivity contribution in [1.82, 2.24) is 9.91 Å². The Morgan fingerprint density at radius 1 is 1.26 bits per heavy atom. The van der Waals surface area contributed by atoms with Crippen molar-refractivity contribution in [2.24, 2.45) is 5.10 Å². The fourth-order valence-corrected chi connectivity index (χ4v) is 4.87. The van der Waals surface area contributed by atoms with E-state index >= 15 is 0 Å². The fourth-order valence-electron chi connectivity index (χ4n) is 4.15. The number of hydrogen-bond acceptors (Lipinski definition) is 5. The molecule has 6 heteroatoms. The first-order valence-electron chi connectivity index (χ1n) is 9.89. The maximum atomic E-state index is 13.1. The Balaban J connectivity index is 1.50. The molecule has 0 saturated heterocycles. The molecule has 1 fully saturated rings. The molecule has 0 bridgehead atoms. The monoisotopic (exact) mass is 385 g/mol. The summed E-state index contributed by atoms with van der Waals surface area (Å²) in [6.45, 7) is 0.406. The lowest BCUT2D eigenvalue weighted by Crippen LogP contribution is -2.41. The van der Waals surface area contributed by atoms with Gasteiger partial charge in [-0.3, -0.25) is 9.69 Å². The third kappa shape index (κ3) is 4.17. The van der Waals surface area contributed by atoms with Crippen molar-refractivity contribution < 1.29 is 9.21 Å². The molecule has 0 spiro atoms. The highest BCUT2D eigenvalue weighted by atomic mass is 32.1. The molecular weight excluding hydrogens is 358 g/mol. The molecule has 27 heavy (non-hydrogen) atoms. The summed E-state index contributed by atoms with van der Waals surface area (Å²) in [6.07, 6.45) is 9.92. The Hall–Kier alpha value is -1.92. The highest BCUT2D eigenvalue weighted by molar-refractivity contribution is 7.12. The number of likely N-dealkylation sites (N-methyl/N-ethyl adjacent to an activating group) is 1. The first-order valence-corrected chi connectivity index (χ1v) is 10.8. The predicted octanol–water partition coefficient (Wildman–Crippen LogP) is 4.67. The highest BCUT2D eigenvalue weighted by Crippen LogP contribution is 2.34. The molecular formula is C21H27N3O2S. The van der Waals surface area contributed by atoms with Gasteiger partial charge in [0.15, 0.2) is 0 Å². The third-order valence-electron chi connectivity index (χ3n) is 5.68. The molecule has 5 nitrogen and oxygen atoms in total. The number of hydrogen-bond donors (Lipinski definition) is 0. The van der Waals surface area contributed by atoms with Crippen LogP contribution in [0.4, 0.5) is 0 Å². The molecule has 1 unspecified atom stereocenters. The van der Waals surface area contributed by atoms with Gasteiger partial charge in [-0.15, -0.1) is 11.3 Å². The largest absolute Gasteiger partial charge is 0.467 e. The van der Waals surface area contributed by atoms with Crippen LogP contribution >= 0.6 is 11.3 Å². The van der Waals surface area contributed by atoms with Crippen LogP contribution in [-0.2, 0) is 4.79 Å². The summed E-state index contributed by atoms with van der Waals surface area (Å²) in [7, 11) is 2.08. The first kappa shape index (κ1) is 18.4. The summed E-state index contributed by atoms with van der Waals surface area (Å²) < 4.78 is 5.62. The van der Waals surface area contributed by atoms with Gasteiger partial charge in [0.2, 0.25) is 0 Å². The van der Waals surface area contributed by atoms with Gasteiger partial charge in [0.1, 0.15) is 11.8 Å². The van der Waals surface area contributed by atoms with Crippen LogP contribution in [0.3, 0.4) is 0 Å². The molecule has 0 N–H and O–H groups in total. The molecule has 1 atom stereocenters. The Labute approximate surface area is 164 Å². The second-order valence-electron chi connectivity index (χ2n) is 7.56. The molecule has 2 aromatic heterocycles. The number of rotatable bonds is 5. The number of amides is 1. The van der Waals surface area contributed by atoms with Crippen molar-refractivity contribution in [2.45, 2.75) is 57.0 Å². The summed E-state index contributed by atoms with van der Waals surface area (Å²) in [5.41, 5.74) is 0.969. The third-order valence-corrected chi connectivity index (χ3v) is 6.59. The summed E-state index contributed by atoms with van der Waals surface area (Å²) in [5, 5.41) is 8.41. The van der Waals surface area contributed by atoms with Crippen LogP contribution in [0.1, 0.15) is 61.6 Å². The van der Waals surface area contributed by atoms with E-state index in [-0.39, 0.29) is 11.9 Å². The van der Waals surface area contributed by atoms with E-state index in [1.165, 1.54) is 38.5 Å². The van der Waals surface area contributed by atoms with Crippen LogP contribution in [0.5, 0.6) is 0 Å². The second-order valence-corrected chi connectivity index (χ2v) is 8.51. The molecule has 3 heterocycles. The number of thiophene rings is 1. The Morgan fingerprint density at radius 2 is 2.07 bits per heavy atom. The standard InChI is InChI=1S/C21H27N3O2S/c1-23(16-8-4-2-3-5-9-16)15-21(25)24-18(19-10-6-12-26-19)14-17(22-24)20-11-7-13-27-20/h6-7,10-13,16,18H,2-5,8-9,14-15H2,1H3. The zero-order valence-corrected chi connectivity index (χ0v) is 16.7. The van der Waals surface area contributed by atoms with E-state index in [0.717, 1.165) is 16.3 Å². The van der Waals surface area contributed by atoms with Crippen molar-refractivity contribution in [1.29, 1.82) is 0 Å². The van der Waals surface area contributed by atoms with Crippen molar-refractivity contribution in [3.63, 3.8) is 0 Å². The zero-order chi connectivity index (χ0) is 18.6. The Morgan fingerprint density at radius 3 is 2.74 bits per heavy atom. The minimum atomic E-state index is -0.146. The average molecular weight is 386 g/mol. The Bertz CT molecular complexity index is 761. The van der Waals surface area contributed by atoms with E-state index in [1.54, 1.807) is 22.6 Å². The molecule has 1 aliphatic heterocycles. The number of carbonyl (C=O) groups excluding carboxylic acids is 1. The van der Waals surface area contributed by atoms with Crippen molar-refractivity contribution in [3.8, 4) is 0 Å². The smallest absolute Gasteiger partial charge is 0.257 e. The first-order chi connectivity index (χ1) is 13.2. The minimum Gasteiger partial charge on any atom is -0.467 e. The molecule has 1 aliphatic carbocycles. The molecule has 4 rings (SSSR count). The number of furan rings is 1. The topological polar surface area (TPSA) is 49.1 Å². The van der Waals surface area contributed by atoms with Gasteiger partial charge < -0.3 is 4.42 Å². The molecule has 2 aromatic rings. The maximum Gasteiger partial charge on any atom is 0.257 e. The van der Waals surface area contributed by atoms with E-state index in [9.17, 15) is 4.79 Å². The van der Waals surface area contributed by atoms with Crippen LogP contribution in [-0.4, -0.2) is 41.2 Å². The van der Waals surface area contributed by atoms with Gasteiger partial charge in [-0.05, 0) is 43.5 Å². The predicted molar refractivity (Wildman–Crippen MR) is 108 cm³/mol. The molecule has 144 valence electrons. The minimum absolute atomic E-state index is 0.0507. The van der Waals surface area contributed by atoms with Crippen LogP contribution in [0.2, 0.25) is 0 Å². The van der Waals surface area contributed by atoms with E-state index < -0.39 is 0 Å². The molecule has 2 aliphatic rings. The second kappa shape index (κ2) is 8.40. The normalized spacial score (nSPS) is 21.5. The number of nitrogens with zero attached hydrogens (tertiary/aromatic N) is 3. The van der Waals surface area contributed by atoms with Gasteiger partial charge in [0.05, 0.1) is 23.4 Å². The molecule has 1 saturated carbocycles. The quantitative estimate of drug-likeness (QED) is 0.703. The fraction of sp³-hybridized carbons (Fsp3) is 0.524. The van der Waals surface area contributed by atoms with E-state index in [0.29, 0.717) is 19.0 Å². The van der Waals surface area contributed by atoms with Gasteiger partial charge in [-0.1, -0.05) is 31.7 Å². The van der Waals surface area contributed by atoms with Crippen molar-refractivity contribution in [3.05, 3.63) is 46.5 Å². The summed E-state index contributed by atoms with van der Waals surface area (Å²) in [5.74, 6) is 0.852. The number of carbonyl (C=O) groups is 1. The van der Waals surface area contributed by atoms with Gasteiger partial charge >= 0.3 is 0 Å². The zero-order valence-electron chi connectivity index (χ0n) is 15.8. The van der Waals surface area contributed by atoms with Crippen LogP contribution in [0.15, 0.2) is 45.4 Å². The van der Waals surface area contributed by atoms with Gasteiger partial charge in [-0.2, -0.15) is 5.10 Å². The number of hydrazone groups is 1. The molecule has 0 radical (unpaired) electrons.